The third kappa shape index (κ3) is 5.31. The van der Waals surface area contributed by atoms with E-state index in [0.717, 1.165) is 11.3 Å². The van der Waals surface area contributed by atoms with Gasteiger partial charge in [0.15, 0.2) is 0 Å². The third-order valence-electron chi connectivity index (χ3n) is 5.08. The molecule has 0 radical (unpaired) electrons. The highest BCUT2D eigenvalue weighted by Crippen LogP contribution is 2.20. The molecule has 162 valence electrons. The maximum absolute atomic E-state index is 12.7. The number of hydrogen-bond acceptors (Lipinski definition) is 5. The van der Waals surface area contributed by atoms with E-state index in [1.165, 1.54) is 0 Å². The molecule has 0 saturated carbocycles. The van der Waals surface area contributed by atoms with Crippen LogP contribution in [-0.4, -0.2) is 35.0 Å². The van der Waals surface area contributed by atoms with Crippen molar-refractivity contribution in [3.8, 4) is 5.75 Å². The van der Waals surface area contributed by atoms with Crippen LogP contribution in [0.25, 0.3) is 0 Å². The van der Waals surface area contributed by atoms with E-state index in [9.17, 15) is 9.59 Å². The number of nitrogens with zero attached hydrogens (tertiary/aromatic N) is 2. The van der Waals surface area contributed by atoms with Crippen molar-refractivity contribution < 1.29 is 18.8 Å². The number of carbonyl (C=O) groups excluding carboxylic acids is 2. The van der Waals surface area contributed by atoms with E-state index < -0.39 is 0 Å². The Hall–Kier alpha value is -3.61. The minimum Gasteiger partial charge on any atom is -0.489 e. The lowest BCUT2D eigenvalue weighted by Gasteiger charge is -2.19. The van der Waals surface area contributed by atoms with Crippen molar-refractivity contribution in [3.63, 3.8) is 0 Å². The van der Waals surface area contributed by atoms with Gasteiger partial charge in [0, 0.05) is 29.9 Å². The quantitative estimate of drug-likeness (QED) is 0.574. The summed E-state index contributed by atoms with van der Waals surface area (Å²) in [5, 5.41) is 6.77. The molecule has 0 atom stereocenters. The highest BCUT2D eigenvalue weighted by molar-refractivity contribution is 6.05. The first kappa shape index (κ1) is 22.1. The van der Waals surface area contributed by atoms with Crippen LogP contribution in [0.15, 0.2) is 53.1 Å². The van der Waals surface area contributed by atoms with Gasteiger partial charge < -0.3 is 19.5 Å². The minimum absolute atomic E-state index is 0.0594. The molecule has 1 N–H and O–H groups in total. The number of ether oxygens (including phenoxy) is 1. The van der Waals surface area contributed by atoms with Crippen LogP contribution in [0.3, 0.4) is 0 Å². The zero-order valence-corrected chi connectivity index (χ0v) is 18.3. The van der Waals surface area contributed by atoms with Crippen molar-refractivity contribution >= 4 is 17.5 Å². The molecule has 0 saturated heterocycles. The number of benzene rings is 2. The summed E-state index contributed by atoms with van der Waals surface area (Å²) in [7, 11) is 0. The van der Waals surface area contributed by atoms with Crippen molar-refractivity contribution in [1.29, 1.82) is 0 Å². The van der Waals surface area contributed by atoms with Gasteiger partial charge in [0.05, 0.1) is 11.3 Å². The molecular formula is C24H27N3O4. The summed E-state index contributed by atoms with van der Waals surface area (Å²) in [6.07, 6.45) is 0. The van der Waals surface area contributed by atoms with Gasteiger partial charge in [0.25, 0.3) is 11.8 Å². The van der Waals surface area contributed by atoms with Crippen LogP contribution in [-0.2, 0) is 6.61 Å². The number of aromatic nitrogens is 1. The van der Waals surface area contributed by atoms with E-state index in [0.29, 0.717) is 48.0 Å². The highest BCUT2D eigenvalue weighted by atomic mass is 16.5. The van der Waals surface area contributed by atoms with Crippen LogP contribution in [0, 0.1) is 13.8 Å². The van der Waals surface area contributed by atoms with Crippen molar-refractivity contribution in [2.75, 3.05) is 18.4 Å². The largest absolute Gasteiger partial charge is 0.489 e. The monoisotopic (exact) mass is 421 g/mol. The second kappa shape index (κ2) is 9.93. The predicted molar refractivity (Wildman–Crippen MR) is 118 cm³/mol. The summed E-state index contributed by atoms with van der Waals surface area (Å²) in [6, 6.07) is 13.9. The number of hydrogen-bond donors (Lipinski definition) is 1. The summed E-state index contributed by atoms with van der Waals surface area (Å²) in [6.45, 7) is 9.14. The van der Waals surface area contributed by atoms with E-state index >= 15 is 0 Å². The summed E-state index contributed by atoms with van der Waals surface area (Å²) in [5.41, 5.74) is 3.23. The maximum Gasteiger partial charge on any atom is 0.255 e. The number of carbonyl (C=O) groups is 2. The first-order chi connectivity index (χ1) is 14.9. The molecule has 3 rings (SSSR count). The van der Waals surface area contributed by atoms with Crippen molar-refractivity contribution in [3.05, 3.63) is 76.7 Å². The Morgan fingerprint density at radius 2 is 1.74 bits per heavy atom. The molecule has 0 aliphatic carbocycles. The molecular weight excluding hydrogens is 394 g/mol. The van der Waals surface area contributed by atoms with E-state index in [4.69, 9.17) is 9.26 Å². The first-order valence-electron chi connectivity index (χ1n) is 10.3. The van der Waals surface area contributed by atoms with Gasteiger partial charge in [-0.15, -0.1) is 0 Å². The Balaban J connectivity index is 1.69. The molecule has 0 aliphatic rings. The molecule has 1 aromatic heterocycles. The molecule has 1 heterocycles. The second-order valence-electron chi connectivity index (χ2n) is 7.13. The van der Waals surface area contributed by atoms with Gasteiger partial charge in [-0.2, -0.15) is 0 Å². The Kier molecular flexibility index (Phi) is 7.07. The number of anilines is 1. The summed E-state index contributed by atoms with van der Waals surface area (Å²) < 4.78 is 11.0. The lowest BCUT2D eigenvalue weighted by molar-refractivity contribution is 0.0772. The molecule has 0 aliphatic heterocycles. The van der Waals surface area contributed by atoms with Crippen LogP contribution in [0.1, 0.15) is 51.6 Å². The Bertz CT molecular complexity index is 1050. The molecule has 2 amide bonds. The lowest BCUT2D eigenvalue weighted by atomic mass is 10.1. The molecule has 0 spiro atoms. The standard InChI is InChI=1S/C24H27N3O4/c1-5-27(6-2)24(29)19-10-7-11-20(13-19)25-23(28)18-9-8-12-21(14-18)30-15-22-16(3)26-31-17(22)4/h7-14H,5-6,15H2,1-4H3,(H,25,28). The molecule has 0 fully saturated rings. The van der Waals surface area contributed by atoms with Gasteiger partial charge in [-0.3, -0.25) is 9.59 Å². The molecule has 3 aromatic rings. The zero-order valence-electron chi connectivity index (χ0n) is 18.3. The molecule has 31 heavy (non-hydrogen) atoms. The number of amides is 2. The van der Waals surface area contributed by atoms with E-state index in [1.807, 2.05) is 27.7 Å². The van der Waals surface area contributed by atoms with Gasteiger partial charge in [-0.05, 0) is 64.1 Å². The van der Waals surface area contributed by atoms with Crippen molar-refractivity contribution in [2.24, 2.45) is 0 Å². The highest BCUT2D eigenvalue weighted by Gasteiger charge is 2.14. The van der Waals surface area contributed by atoms with E-state index in [2.05, 4.69) is 10.5 Å². The van der Waals surface area contributed by atoms with Gasteiger partial charge in [-0.1, -0.05) is 17.3 Å². The van der Waals surface area contributed by atoms with Gasteiger partial charge >= 0.3 is 0 Å². The van der Waals surface area contributed by atoms with E-state index in [-0.39, 0.29) is 11.8 Å². The molecule has 0 bridgehead atoms. The molecule has 7 nitrogen and oxygen atoms in total. The average Bonchev–Trinajstić information content (AvgIpc) is 3.10. The number of nitrogens with one attached hydrogen (secondary N) is 1. The fraction of sp³-hybridized carbons (Fsp3) is 0.292. The Morgan fingerprint density at radius 1 is 1.03 bits per heavy atom. The topological polar surface area (TPSA) is 84.7 Å². The smallest absolute Gasteiger partial charge is 0.255 e. The Labute approximate surface area is 182 Å². The third-order valence-corrected chi connectivity index (χ3v) is 5.08. The maximum atomic E-state index is 12.7. The fourth-order valence-corrected chi connectivity index (χ4v) is 3.22. The van der Waals surface area contributed by atoms with Crippen LogP contribution < -0.4 is 10.1 Å². The normalized spacial score (nSPS) is 10.6. The zero-order chi connectivity index (χ0) is 22.4. The van der Waals surface area contributed by atoms with Crippen molar-refractivity contribution in [1.82, 2.24) is 10.1 Å². The second-order valence-corrected chi connectivity index (χ2v) is 7.13. The lowest BCUT2D eigenvalue weighted by Crippen LogP contribution is -2.30. The van der Waals surface area contributed by atoms with Crippen molar-refractivity contribution in [2.45, 2.75) is 34.3 Å². The predicted octanol–water partition coefficient (Wildman–Crippen LogP) is 4.60. The number of aryl methyl sites for hydroxylation is 2. The molecule has 7 heteroatoms. The minimum atomic E-state index is -0.282. The van der Waals surface area contributed by atoms with Gasteiger partial charge in [-0.25, -0.2) is 0 Å². The number of rotatable bonds is 8. The van der Waals surface area contributed by atoms with E-state index in [1.54, 1.807) is 53.4 Å². The average molecular weight is 421 g/mol. The summed E-state index contributed by atoms with van der Waals surface area (Å²) in [4.78, 5) is 27.0. The SMILES string of the molecule is CCN(CC)C(=O)c1cccc(NC(=O)c2cccc(OCc3c(C)noc3C)c2)c1. The Morgan fingerprint density at radius 3 is 2.42 bits per heavy atom. The summed E-state index contributed by atoms with van der Waals surface area (Å²) >= 11 is 0. The molecule has 0 unspecified atom stereocenters. The summed E-state index contributed by atoms with van der Waals surface area (Å²) in [5.74, 6) is 0.940. The van der Waals surface area contributed by atoms with Gasteiger partial charge in [0.1, 0.15) is 18.1 Å². The first-order valence-corrected chi connectivity index (χ1v) is 10.3. The van der Waals surface area contributed by atoms with Crippen LogP contribution in [0.2, 0.25) is 0 Å². The van der Waals surface area contributed by atoms with Gasteiger partial charge in [0.2, 0.25) is 0 Å². The fourth-order valence-electron chi connectivity index (χ4n) is 3.22. The van der Waals surface area contributed by atoms with Crippen LogP contribution >= 0.6 is 0 Å². The molecule has 2 aromatic carbocycles. The van der Waals surface area contributed by atoms with Crippen LogP contribution in [0.4, 0.5) is 5.69 Å². The van der Waals surface area contributed by atoms with Crippen LogP contribution in [0.5, 0.6) is 5.75 Å².